The van der Waals surface area contributed by atoms with Crippen LogP contribution in [0.4, 0.5) is 0 Å². The molecule has 0 unspecified atom stereocenters. The minimum Gasteiger partial charge on any atom is -0.493 e. The molecule has 0 aliphatic rings. The quantitative estimate of drug-likeness (QED) is 0.449. The van der Waals surface area contributed by atoms with Gasteiger partial charge in [0, 0.05) is 13.0 Å². The summed E-state index contributed by atoms with van der Waals surface area (Å²) < 4.78 is 1.64. The maximum absolute atomic E-state index is 11.9. The average molecular weight is 340 g/mol. The number of carboxylic acids is 1. The summed E-state index contributed by atoms with van der Waals surface area (Å²) in [6.07, 6.45) is 11.2. The Morgan fingerprint density at radius 2 is 1.62 bits per heavy atom. The summed E-state index contributed by atoms with van der Waals surface area (Å²) in [6.45, 7) is 2.77. The monoisotopic (exact) mass is 340 g/mol. The third kappa shape index (κ3) is 7.70. The van der Waals surface area contributed by atoms with E-state index >= 15 is 0 Å². The molecule has 24 heavy (non-hydrogen) atoms. The van der Waals surface area contributed by atoms with E-state index in [9.17, 15) is 14.7 Å². The van der Waals surface area contributed by atoms with Gasteiger partial charge in [0.05, 0.1) is 5.69 Å². The molecule has 3 N–H and O–H groups in total. The van der Waals surface area contributed by atoms with Crippen LogP contribution in [0.2, 0.25) is 0 Å². The van der Waals surface area contributed by atoms with E-state index < -0.39 is 5.97 Å². The van der Waals surface area contributed by atoms with Crippen LogP contribution in [0, 0.1) is 0 Å². The van der Waals surface area contributed by atoms with E-state index in [0.717, 1.165) is 38.5 Å². The largest absolute Gasteiger partial charge is 0.493 e. The van der Waals surface area contributed by atoms with E-state index in [0.29, 0.717) is 18.7 Å². The second-order valence-corrected chi connectivity index (χ2v) is 6.45. The van der Waals surface area contributed by atoms with Crippen LogP contribution in [0.5, 0.6) is 5.88 Å². The Labute approximate surface area is 143 Å². The van der Waals surface area contributed by atoms with E-state index in [2.05, 4.69) is 11.9 Å². The summed E-state index contributed by atoms with van der Waals surface area (Å²) in [4.78, 5) is 24.9. The average Bonchev–Trinajstić information content (AvgIpc) is 2.80. The number of hydrogen-bond acceptors (Lipinski definition) is 3. The fraction of sp³-hybridized carbons (Fsp3) is 0.778. The molecule has 1 rings (SSSR count). The number of hydrogen-bond donors (Lipinski definition) is 3. The third-order valence-corrected chi connectivity index (χ3v) is 4.36. The van der Waals surface area contributed by atoms with Crippen LogP contribution in [0.3, 0.4) is 0 Å². The van der Waals surface area contributed by atoms with E-state index in [1.807, 2.05) is 0 Å². The number of unbranched alkanes of at least 4 members (excludes halogenated alkanes) is 8. The summed E-state index contributed by atoms with van der Waals surface area (Å²) in [5, 5.41) is 18.5. The Morgan fingerprint density at radius 3 is 2.33 bits per heavy atom. The Balaban J connectivity index is 2.35. The van der Waals surface area contributed by atoms with Gasteiger partial charge in [-0.3, -0.25) is 14.3 Å². The first-order valence-corrected chi connectivity index (χ1v) is 9.28. The first kappa shape index (κ1) is 20.3. The molecule has 0 fully saturated rings. The standard InChI is InChI=1S/C18H32N2O4/c1-2-3-4-5-6-9-12-15-17(23)19-18(24)20(15)14-11-8-7-10-13-16(21)22/h23H,2-14H2,1H3,(H,19,24)(H,21,22). The van der Waals surface area contributed by atoms with Gasteiger partial charge in [0.15, 0.2) is 0 Å². The minimum atomic E-state index is -0.761. The lowest BCUT2D eigenvalue weighted by Crippen LogP contribution is -2.19. The van der Waals surface area contributed by atoms with Crippen molar-refractivity contribution in [2.75, 3.05) is 0 Å². The molecule has 138 valence electrons. The number of aromatic hydroxyl groups is 1. The lowest BCUT2D eigenvalue weighted by molar-refractivity contribution is -0.137. The molecule has 0 radical (unpaired) electrons. The van der Waals surface area contributed by atoms with Gasteiger partial charge in [-0.05, 0) is 25.7 Å². The van der Waals surface area contributed by atoms with Crippen LogP contribution in [0.15, 0.2) is 4.79 Å². The number of carbonyl (C=O) groups is 1. The maximum atomic E-state index is 11.9. The Kier molecular flexibility index (Phi) is 9.96. The normalized spacial score (nSPS) is 11.0. The predicted octanol–water partition coefficient (Wildman–Crippen LogP) is 3.82. The summed E-state index contributed by atoms with van der Waals surface area (Å²) in [5.74, 6) is -0.762. The molecule has 1 heterocycles. The molecule has 0 aromatic carbocycles. The summed E-state index contributed by atoms with van der Waals surface area (Å²) in [7, 11) is 0. The summed E-state index contributed by atoms with van der Waals surface area (Å²) in [5.41, 5.74) is 0.458. The second-order valence-electron chi connectivity index (χ2n) is 6.45. The molecule has 1 aromatic heterocycles. The van der Waals surface area contributed by atoms with Crippen LogP contribution >= 0.6 is 0 Å². The van der Waals surface area contributed by atoms with Crippen molar-refractivity contribution in [3.05, 3.63) is 16.2 Å². The van der Waals surface area contributed by atoms with Crippen LogP contribution in [0.1, 0.15) is 83.2 Å². The van der Waals surface area contributed by atoms with Crippen molar-refractivity contribution in [3.63, 3.8) is 0 Å². The SMILES string of the molecule is CCCCCCCCc1c(O)[nH]c(=O)n1CCCCCCC(=O)O. The number of aromatic nitrogens is 2. The molecule has 1 aromatic rings. The van der Waals surface area contributed by atoms with Crippen molar-refractivity contribution in [1.29, 1.82) is 0 Å². The fourth-order valence-electron chi connectivity index (χ4n) is 2.95. The predicted molar refractivity (Wildman–Crippen MR) is 94.5 cm³/mol. The van der Waals surface area contributed by atoms with Gasteiger partial charge in [0.2, 0.25) is 5.88 Å². The molecule has 0 bridgehead atoms. The Morgan fingerprint density at radius 1 is 1.00 bits per heavy atom. The molecule has 0 saturated heterocycles. The molecule has 6 heteroatoms. The van der Waals surface area contributed by atoms with Crippen molar-refractivity contribution in [2.45, 2.75) is 90.5 Å². The highest BCUT2D eigenvalue weighted by molar-refractivity contribution is 5.66. The maximum Gasteiger partial charge on any atom is 0.328 e. The van der Waals surface area contributed by atoms with Crippen LogP contribution < -0.4 is 5.69 Å². The zero-order valence-electron chi connectivity index (χ0n) is 14.9. The molecule has 0 amide bonds. The van der Waals surface area contributed by atoms with Gasteiger partial charge in [0.25, 0.3) is 0 Å². The number of imidazole rings is 1. The summed E-state index contributed by atoms with van der Waals surface area (Å²) in [6, 6.07) is 0. The first-order chi connectivity index (χ1) is 11.6. The molecular weight excluding hydrogens is 308 g/mol. The first-order valence-electron chi connectivity index (χ1n) is 9.28. The van der Waals surface area contributed by atoms with Gasteiger partial charge in [-0.2, -0.15) is 0 Å². The van der Waals surface area contributed by atoms with Gasteiger partial charge >= 0.3 is 11.7 Å². The minimum absolute atomic E-state index is 0.000523. The number of nitrogens with zero attached hydrogens (tertiary/aromatic N) is 1. The topological polar surface area (TPSA) is 95.3 Å². The molecule has 0 atom stereocenters. The van der Waals surface area contributed by atoms with E-state index in [1.165, 1.54) is 25.7 Å². The lowest BCUT2D eigenvalue weighted by Gasteiger charge is -2.08. The Hall–Kier alpha value is -1.72. The van der Waals surface area contributed by atoms with Gasteiger partial charge in [-0.15, -0.1) is 0 Å². The fourth-order valence-corrected chi connectivity index (χ4v) is 2.95. The van der Waals surface area contributed by atoms with Crippen LogP contribution in [0.25, 0.3) is 0 Å². The molecule has 0 spiro atoms. The highest BCUT2D eigenvalue weighted by Crippen LogP contribution is 2.17. The van der Waals surface area contributed by atoms with Crippen molar-refractivity contribution in [1.82, 2.24) is 9.55 Å². The third-order valence-electron chi connectivity index (χ3n) is 4.36. The molecular formula is C18H32N2O4. The van der Waals surface area contributed by atoms with Crippen molar-refractivity contribution in [2.24, 2.45) is 0 Å². The van der Waals surface area contributed by atoms with E-state index in [-0.39, 0.29) is 18.0 Å². The highest BCUT2D eigenvalue weighted by Gasteiger charge is 2.12. The van der Waals surface area contributed by atoms with Crippen molar-refractivity contribution < 1.29 is 15.0 Å². The lowest BCUT2D eigenvalue weighted by atomic mass is 10.1. The number of H-pyrrole nitrogens is 1. The highest BCUT2D eigenvalue weighted by atomic mass is 16.4. The number of rotatable bonds is 14. The smallest absolute Gasteiger partial charge is 0.328 e. The van der Waals surface area contributed by atoms with Gasteiger partial charge in [-0.1, -0.05) is 51.9 Å². The second kappa shape index (κ2) is 11.8. The number of carboxylic acid groups (broad SMARTS) is 1. The summed E-state index contributed by atoms with van der Waals surface area (Å²) >= 11 is 0. The zero-order chi connectivity index (χ0) is 17.8. The Bertz CT molecular complexity index is 534. The van der Waals surface area contributed by atoms with Crippen LogP contribution in [-0.2, 0) is 17.8 Å². The number of aliphatic carboxylic acids is 1. The van der Waals surface area contributed by atoms with Crippen molar-refractivity contribution in [3.8, 4) is 5.88 Å². The number of nitrogens with one attached hydrogen (secondary N) is 1. The van der Waals surface area contributed by atoms with E-state index in [4.69, 9.17) is 5.11 Å². The molecule has 6 nitrogen and oxygen atoms in total. The zero-order valence-corrected chi connectivity index (χ0v) is 14.9. The van der Waals surface area contributed by atoms with Crippen molar-refractivity contribution >= 4 is 5.97 Å². The number of aromatic amines is 1. The van der Waals surface area contributed by atoms with Crippen LogP contribution in [-0.4, -0.2) is 25.7 Å². The molecule has 0 aliphatic carbocycles. The van der Waals surface area contributed by atoms with Gasteiger partial charge in [-0.25, -0.2) is 4.79 Å². The van der Waals surface area contributed by atoms with Gasteiger partial charge < -0.3 is 10.2 Å². The molecule has 0 aliphatic heterocycles. The van der Waals surface area contributed by atoms with E-state index in [1.54, 1.807) is 4.57 Å². The van der Waals surface area contributed by atoms with Gasteiger partial charge in [0.1, 0.15) is 0 Å². The molecule has 0 saturated carbocycles.